The number of alkyl halides is 3. The molecule has 0 bridgehead atoms. The third kappa shape index (κ3) is 4.09. The first-order chi connectivity index (χ1) is 8.38. The van der Waals surface area contributed by atoms with Gasteiger partial charge in [0, 0.05) is 6.54 Å². The minimum atomic E-state index is -4.35. The van der Waals surface area contributed by atoms with Crippen LogP contribution in [-0.4, -0.2) is 6.54 Å². The number of anilines is 1. The summed E-state index contributed by atoms with van der Waals surface area (Å²) in [5.74, 6) is 0.503. The van der Waals surface area contributed by atoms with Crippen LogP contribution in [0.25, 0.3) is 0 Å². The van der Waals surface area contributed by atoms with E-state index >= 15 is 0 Å². The lowest BCUT2D eigenvalue weighted by Gasteiger charge is -2.16. The van der Waals surface area contributed by atoms with Crippen molar-refractivity contribution in [1.29, 1.82) is 0 Å². The molecule has 0 heterocycles. The Morgan fingerprint density at radius 1 is 1.22 bits per heavy atom. The van der Waals surface area contributed by atoms with Crippen LogP contribution in [0.4, 0.5) is 18.9 Å². The molecule has 0 aliphatic carbocycles. The van der Waals surface area contributed by atoms with Crippen LogP contribution in [-0.2, 0) is 6.18 Å². The molecule has 0 unspecified atom stereocenters. The molecule has 0 amide bonds. The average Bonchev–Trinajstić information content (AvgIpc) is 2.30. The summed E-state index contributed by atoms with van der Waals surface area (Å²) in [6, 6.07) is 3.38. The van der Waals surface area contributed by atoms with Gasteiger partial charge < -0.3 is 5.32 Å². The smallest absolute Gasteiger partial charge is 0.384 e. The lowest BCUT2D eigenvalue weighted by atomic mass is 10.0. The van der Waals surface area contributed by atoms with E-state index in [0.717, 1.165) is 31.5 Å². The zero-order chi connectivity index (χ0) is 13.8. The SMILES string of the molecule is CCC(CC)CNc1ccc(C(F)(F)F)cc1Cl. The van der Waals surface area contributed by atoms with Crippen LogP contribution in [0.3, 0.4) is 0 Å². The highest BCUT2D eigenvalue weighted by Crippen LogP contribution is 2.33. The first-order valence-electron chi connectivity index (χ1n) is 5.99. The van der Waals surface area contributed by atoms with Gasteiger partial charge in [0.05, 0.1) is 16.3 Å². The molecule has 0 aliphatic heterocycles. The summed E-state index contributed by atoms with van der Waals surface area (Å²) in [6.45, 7) is 4.90. The van der Waals surface area contributed by atoms with Crippen LogP contribution in [0, 0.1) is 5.92 Å². The zero-order valence-electron chi connectivity index (χ0n) is 10.4. The standard InChI is InChI=1S/C13H17ClF3N/c1-3-9(4-2)8-18-12-6-5-10(7-11(12)14)13(15,16)17/h5-7,9,18H,3-4,8H2,1-2H3. The van der Waals surface area contributed by atoms with Crippen LogP contribution in [0.5, 0.6) is 0 Å². The molecular formula is C13H17ClF3N. The maximum absolute atomic E-state index is 12.4. The van der Waals surface area contributed by atoms with Crippen molar-refractivity contribution in [2.75, 3.05) is 11.9 Å². The van der Waals surface area contributed by atoms with Crippen molar-refractivity contribution in [3.63, 3.8) is 0 Å². The fraction of sp³-hybridized carbons (Fsp3) is 0.538. The lowest BCUT2D eigenvalue weighted by molar-refractivity contribution is -0.137. The van der Waals surface area contributed by atoms with Gasteiger partial charge in [0.15, 0.2) is 0 Å². The third-order valence-electron chi connectivity index (χ3n) is 3.03. The van der Waals surface area contributed by atoms with E-state index in [4.69, 9.17) is 11.6 Å². The first kappa shape index (κ1) is 15.2. The van der Waals surface area contributed by atoms with Gasteiger partial charge in [0.2, 0.25) is 0 Å². The van der Waals surface area contributed by atoms with E-state index in [2.05, 4.69) is 19.2 Å². The largest absolute Gasteiger partial charge is 0.416 e. The monoisotopic (exact) mass is 279 g/mol. The van der Waals surface area contributed by atoms with Gasteiger partial charge in [-0.3, -0.25) is 0 Å². The van der Waals surface area contributed by atoms with Crippen LogP contribution < -0.4 is 5.32 Å². The second kappa shape index (κ2) is 6.32. The Bertz CT molecular complexity index is 386. The summed E-state index contributed by atoms with van der Waals surface area (Å²) in [7, 11) is 0. The fourth-order valence-corrected chi connectivity index (χ4v) is 1.91. The van der Waals surface area contributed by atoms with E-state index in [1.54, 1.807) is 0 Å². The third-order valence-corrected chi connectivity index (χ3v) is 3.35. The van der Waals surface area contributed by atoms with Crippen molar-refractivity contribution < 1.29 is 13.2 Å². The topological polar surface area (TPSA) is 12.0 Å². The van der Waals surface area contributed by atoms with Gasteiger partial charge in [-0.15, -0.1) is 0 Å². The highest BCUT2D eigenvalue weighted by Gasteiger charge is 2.30. The Balaban J connectivity index is 2.74. The molecule has 1 aromatic carbocycles. The molecule has 0 saturated heterocycles. The molecule has 5 heteroatoms. The molecular weight excluding hydrogens is 263 g/mol. The number of hydrogen-bond acceptors (Lipinski definition) is 1. The van der Waals surface area contributed by atoms with Crippen LogP contribution in [0.15, 0.2) is 18.2 Å². The molecule has 0 atom stereocenters. The molecule has 1 nitrogen and oxygen atoms in total. The van der Waals surface area contributed by atoms with Gasteiger partial charge in [0.1, 0.15) is 0 Å². The number of halogens is 4. The highest BCUT2D eigenvalue weighted by atomic mass is 35.5. The summed E-state index contributed by atoms with van der Waals surface area (Å²) in [4.78, 5) is 0. The van der Waals surface area contributed by atoms with E-state index < -0.39 is 11.7 Å². The van der Waals surface area contributed by atoms with E-state index in [1.807, 2.05) is 0 Å². The Morgan fingerprint density at radius 2 is 1.83 bits per heavy atom. The van der Waals surface area contributed by atoms with Crippen molar-refractivity contribution in [3.05, 3.63) is 28.8 Å². The minimum Gasteiger partial charge on any atom is -0.384 e. The molecule has 0 radical (unpaired) electrons. The summed E-state index contributed by atoms with van der Waals surface area (Å²) in [5.41, 5.74) is -0.169. The molecule has 0 aromatic heterocycles. The van der Waals surface area contributed by atoms with E-state index in [1.165, 1.54) is 6.07 Å². The zero-order valence-corrected chi connectivity index (χ0v) is 11.2. The summed E-state index contributed by atoms with van der Waals surface area (Å²) in [5, 5.41) is 3.20. The van der Waals surface area contributed by atoms with Crippen LogP contribution >= 0.6 is 11.6 Å². The summed E-state index contributed by atoms with van der Waals surface area (Å²) >= 11 is 5.84. The fourth-order valence-electron chi connectivity index (χ4n) is 1.67. The van der Waals surface area contributed by atoms with Gasteiger partial charge in [-0.1, -0.05) is 38.3 Å². The number of rotatable bonds is 5. The molecule has 0 fully saturated rings. The van der Waals surface area contributed by atoms with Crippen molar-refractivity contribution in [2.45, 2.75) is 32.9 Å². The molecule has 1 rings (SSSR count). The lowest BCUT2D eigenvalue weighted by Crippen LogP contribution is -2.13. The van der Waals surface area contributed by atoms with Crippen molar-refractivity contribution in [2.24, 2.45) is 5.92 Å². The van der Waals surface area contributed by atoms with Crippen LogP contribution in [0.2, 0.25) is 5.02 Å². The Kier molecular flexibility index (Phi) is 5.32. The summed E-state index contributed by atoms with van der Waals surface area (Å²) < 4.78 is 37.3. The Morgan fingerprint density at radius 3 is 2.28 bits per heavy atom. The molecule has 0 aliphatic rings. The van der Waals surface area contributed by atoms with E-state index in [9.17, 15) is 13.2 Å². The molecule has 1 aromatic rings. The molecule has 102 valence electrons. The Labute approximate surface area is 110 Å². The predicted octanol–water partition coefficient (Wildman–Crippen LogP) is 5.21. The predicted molar refractivity (Wildman–Crippen MR) is 69.0 cm³/mol. The van der Waals surface area contributed by atoms with E-state index in [0.29, 0.717) is 11.6 Å². The highest BCUT2D eigenvalue weighted by molar-refractivity contribution is 6.33. The van der Waals surface area contributed by atoms with Gasteiger partial charge in [-0.2, -0.15) is 13.2 Å². The molecule has 0 spiro atoms. The maximum Gasteiger partial charge on any atom is 0.416 e. The second-order valence-electron chi connectivity index (χ2n) is 4.26. The molecule has 0 saturated carbocycles. The van der Waals surface area contributed by atoms with Gasteiger partial charge in [0.25, 0.3) is 0 Å². The quantitative estimate of drug-likeness (QED) is 0.780. The van der Waals surface area contributed by atoms with Crippen LogP contribution in [0.1, 0.15) is 32.3 Å². The second-order valence-corrected chi connectivity index (χ2v) is 4.66. The Hall–Kier alpha value is -0.900. The van der Waals surface area contributed by atoms with Crippen molar-refractivity contribution in [3.8, 4) is 0 Å². The molecule has 18 heavy (non-hydrogen) atoms. The van der Waals surface area contributed by atoms with Crippen molar-refractivity contribution >= 4 is 17.3 Å². The number of benzene rings is 1. The number of hydrogen-bond donors (Lipinski definition) is 1. The van der Waals surface area contributed by atoms with Crippen molar-refractivity contribution in [1.82, 2.24) is 0 Å². The molecule has 1 N–H and O–H groups in total. The van der Waals surface area contributed by atoms with Gasteiger partial charge >= 0.3 is 6.18 Å². The minimum absolute atomic E-state index is 0.107. The maximum atomic E-state index is 12.4. The normalized spacial score (nSPS) is 11.9. The number of nitrogens with one attached hydrogen (secondary N) is 1. The van der Waals surface area contributed by atoms with Gasteiger partial charge in [-0.25, -0.2) is 0 Å². The first-order valence-corrected chi connectivity index (χ1v) is 6.36. The average molecular weight is 280 g/mol. The summed E-state index contributed by atoms with van der Waals surface area (Å²) in [6.07, 6.45) is -2.29. The van der Waals surface area contributed by atoms with Gasteiger partial charge in [-0.05, 0) is 24.1 Å². The van der Waals surface area contributed by atoms with E-state index in [-0.39, 0.29) is 5.02 Å².